The summed E-state index contributed by atoms with van der Waals surface area (Å²) in [5, 5.41) is 25.8. The number of nitrogens with one attached hydrogen (secondary N) is 2. The van der Waals surface area contributed by atoms with Crippen LogP contribution >= 0.6 is 11.3 Å². The number of furan rings is 1. The molecule has 36 heavy (non-hydrogen) atoms. The predicted molar refractivity (Wildman–Crippen MR) is 130 cm³/mol. The van der Waals surface area contributed by atoms with Gasteiger partial charge in [-0.05, 0) is 23.8 Å². The van der Waals surface area contributed by atoms with Crippen LogP contribution in [-0.4, -0.2) is 33.1 Å². The van der Waals surface area contributed by atoms with Gasteiger partial charge < -0.3 is 9.15 Å². The van der Waals surface area contributed by atoms with E-state index in [9.17, 15) is 19.7 Å². The minimum atomic E-state index is -0.533. The number of benzene rings is 2. The summed E-state index contributed by atoms with van der Waals surface area (Å²) >= 11 is 1.03. The lowest BCUT2D eigenvalue weighted by molar-refractivity contribution is -0.384. The standard InChI is InChI=1S/C23H18N6O6S/c30-20(12-21-27-28-23(36-21)25-22(31)19-7-4-10-34-19)26-24-13-16-11-17(29(32)33)8-9-18(16)35-14-15-5-2-1-3-6-15/h1-11,13H,12,14H2,(H,26,30)(H,25,28,31). The SMILES string of the molecule is O=C(Cc1nnc(NC(=O)c2ccco2)s1)NN=Cc1cc([N+](=O)[O-])ccc1OCc1ccccc1. The van der Waals surface area contributed by atoms with Crippen molar-refractivity contribution in [3.8, 4) is 5.75 Å². The molecular weight excluding hydrogens is 488 g/mol. The highest BCUT2D eigenvalue weighted by molar-refractivity contribution is 7.15. The van der Waals surface area contributed by atoms with Crippen LogP contribution in [-0.2, 0) is 17.8 Å². The van der Waals surface area contributed by atoms with E-state index in [1.807, 2.05) is 30.3 Å². The molecule has 2 amide bonds. The second-order valence-electron chi connectivity index (χ2n) is 7.16. The van der Waals surface area contributed by atoms with Gasteiger partial charge in [0, 0.05) is 17.7 Å². The van der Waals surface area contributed by atoms with Gasteiger partial charge in [0.2, 0.25) is 11.0 Å². The maximum Gasteiger partial charge on any atom is 0.293 e. The van der Waals surface area contributed by atoms with E-state index in [0.717, 1.165) is 16.9 Å². The number of anilines is 1. The molecule has 2 aromatic carbocycles. The number of carbonyl (C=O) groups excluding carboxylic acids is 2. The Balaban J connectivity index is 1.36. The molecule has 0 fully saturated rings. The van der Waals surface area contributed by atoms with Crippen LogP contribution in [0.25, 0.3) is 0 Å². The van der Waals surface area contributed by atoms with Crippen LogP contribution < -0.4 is 15.5 Å². The van der Waals surface area contributed by atoms with Gasteiger partial charge in [-0.25, -0.2) is 5.43 Å². The van der Waals surface area contributed by atoms with Gasteiger partial charge in [-0.1, -0.05) is 41.7 Å². The second kappa shape index (κ2) is 11.5. The van der Waals surface area contributed by atoms with Crippen molar-refractivity contribution in [2.75, 3.05) is 5.32 Å². The van der Waals surface area contributed by atoms with E-state index in [2.05, 4.69) is 26.0 Å². The molecule has 2 aromatic heterocycles. The molecule has 0 saturated heterocycles. The van der Waals surface area contributed by atoms with Gasteiger partial charge >= 0.3 is 0 Å². The minimum Gasteiger partial charge on any atom is -0.488 e. The first-order valence-electron chi connectivity index (χ1n) is 10.4. The van der Waals surface area contributed by atoms with Crippen LogP contribution in [0.4, 0.5) is 10.8 Å². The maximum atomic E-state index is 12.3. The quantitative estimate of drug-likeness (QED) is 0.187. The Labute approximate surface area is 207 Å². The molecule has 4 rings (SSSR count). The average Bonchev–Trinajstić information content (AvgIpc) is 3.56. The lowest BCUT2D eigenvalue weighted by Crippen LogP contribution is -2.19. The lowest BCUT2D eigenvalue weighted by atomic mass is 10.2. The Morgan fingerprint density at radius 1 is 1.14 bits per heavy atom. The fourth-order valence-corrected chi connectivity index (χ4v) is 3.64. The van der Waals surface area contributed by atoms with Crippen molar-refractivity contribution in [2.24, 2.45) is 5.10 Å². The lowest BCUT2D eigenvalue weighted by Gasteiger charge is -2.09. The van der Waals surface area contributed by atoms with Gasteiger partial charge in [-0.15, -0.1) is 10.2 Å². The fraction of sp³-hybridized carbons (Fsp3) is 0.0870. The predicted octanol–water partition coefficient (Wildman–Crippen LogP) is 3.56. The summed E-state index contributed by atoms with van der Waals surface area (Å²) in [6.07, 6.45) is 2.50. The zero-order chi connectivity index (χ0) is 25.3. The largest absolute Gasteiger partial charge is 0.488 e. The summed E-state index contributed by atoms with van der Waals surface area (Å²) in [4.78, 5) is 34.9. The van der Waals surface area contributed by atoms with Gasteiger partial charge in [0.05, 0.1) is 23.8 Å². The topological polar surface area (TPSA) is 162 Å². The third-order valence-electron chi connectivity index (χ3n) is 4.58. The second-order valence-corrected chi connectivity index (χ2v) is 8.22. The molecule has 13 heteroatoms. The number of ether oxygens (including phenoxy) is 1. The van der Waals surface area contributed by atoms with Crippen LogP contribution in [0.5, 0.6) is 5.75 Å². The number of non-ortho nitro benzene ring substituents is 1. The fourth-order valence-electron chi connectivity index (χ4n) is 2.91. The summed E-state index contributed by atoms with van der Waals surface area (Å²) in [5.41, 5.74) is 3.44. The first-order valence-corrected chi connectivity index (χ1v) is 11.2. The van der Waals surface area contributed by atoms with E-state index in [1.54, 1.807) is 6.07 Å². The number of nitrogens with zero attached hydrogens (tertiary/aromatic N) is 4. The highest BCUT2D eigenvalue weighted by atomic mass is 32.1. The number of carbonyl (C=O) groups is 2. The third-order valence-corrected chi connectivity index (χ3v) is 5.42. The van der Waals surface area contributed by atoms with E-state index in [-0.39, 0.29) is 29.6 Å². The van der Waals surface area contributed by atoms with Crippen molar-refractivity contribution in [3.05, 3.63) is 98.9 Å². The Morgan fingerprint density at radius 2 is 1.97 bits per heavy atom. The summed E-state index contributed by atoms with van der Waals surface area (Å²) in [5.74, 6) is -0.502. The normalized spacial score (nSPS) is 10.8. The van der Waals surface area contributed by atoms with E-state index < -0.39 is 16.7 Å². The van der Waals surface area contributed by atoms with Crippen molar-refractivity contribution in [1.29, 1.82) is 0 Å². The molecule has 12 nitrogen and oxygen atoms in total. The molecule has 0 bridgehead atoms. The number of hydrogen-bond acceptors (Lipinski definition) is 10. The number of rotatable bonds is 10. The zero-order valence-corrected chi connectivity index (χ0v) is 19.3. The molecule has 0 aliphatic rings. The average molecular weight is 507 g/mol. The van der Waals surface area contributed by atoms with Crippen molar-refractivity contribution < 1.29 is 23.7 Å². The molecule has 0 radical (unpaired) electrons. The van der Waals surface area contributed by atoms with Crippen LogP contribution in [0.2, 0.25) is 0 Å². The Kier molecular flexibility index (Phi) is 7.73. The van der Waals surface area contributed by atoms with Crippen LogP contribution in [0.15, 0.2) is 76.4 Å². The molecule has 0 saturated carbocycles. The third kappa shape index (κ3) is 6.57. The molecule has 0 aliphatic carbocycles. The van der Waals surface area contributed by atoms with Gasteiger partial charge in [0.15, 0.2) is 5.76 Å². The van der Waals surface area contributed by atoms with Crippen LogP contribution in [0.1, 0.15) is 26.7 Å². The van der Waals surface area contributed by atoms with E-state index in [1.165, 1.54) is 36.7 Å². The Hall–Kier alpha value is -4.91. The van der Waals surface area contributed by atoms with Crippen molar-refractivity contribution in [1.82, 2.24) is 15.6 Å². The van der Waals surface area contributed by atoms with Crippen molar-refractivity contribution >= 4 is 40.2 Å². The van der Waals surface area contributed by atoms with Gasteiger partial charge in [-0.2, -0.15) is 5.10 Å². The molecule has 0 aliphatic heterocycles. The molecular formula is C23H18N6O6S. The number of aromatic nitrogens is 2. The van der Waals surface area contributed by atoms with E-state index in [0.29, 0.717) is 16.3 Å². The Bertz CT molecular complexity index is 1390. The van der Waals surface area contributed by atoms with Crippen LogP contribution in [0, 0.1) is 10.1 Å². The van der Waals surface area contributed by atoms with Crippen molar-refractivity contribution in [2.45, 2.75) is 13.0 Å². The van der Waals surface area contributed by atoms with Crippen LogP contribution in [0.3, 0.4) is 0 Å². The highest BCUT2D eigenvalue weighted by Crippen LogP contribution is 2.24. The monoisotopic (exact) mass is 506 g/mol. The molecule has 2 N–H and O–H groups in total. The molecule has 2 heterocycles. The smallest absolute Gasteiger partial charge is 0.293 e. The number of hydrazone groups is 1. The maximum absolute atomic E-state index is 12.3. The Morgan fingerprint density at radius 3 is 2.72 bits per heavy atom. The van der Waals surface area contributed by atoms with Gasteiger partial charge in [0.25, 0.3) is 11.6 Å². The zero-order valence-electron chi connectivity index (χ0n) is 18.5. The summed E-state index contributed by atoms with van der Waals surface area (Å²) < 4.78 is 10.8. The number of amides is 2. The summed E-state index contributed by atoms with van der Waals surface area (Å²) in [6, 6.07) is 16.6. The number of nitro groups is 1. The first kappa shape index (κ1) is 24.2. The van der Waals surface area contributed by atoms with E-state index >= 15 is 0 Å². The number of hydrogen-bond donors (Lipinski definition) is 2. The first-order chi connectivity index (χ1) is 17.5. The van der Waals surface area contributed by atoms with Gasteiger partial charge in [-0.3, -0.25) is 25.0 Å². The molecule has 0 unspecified atom stereocenters. The van der Waals surface area contributed by atoms with Gasteiger partial charge in [0.1, 0.15) is 17.4 Å². The minimum absolute atomic E-state index is 0.118. The molecule has 4 aromatic rings. The van der Waals surface area contributed by atoms with E-state index in [4.69, 9.17) is 9.15 Å². The molecule has 0 atom stereocenters. The summed E-state index contributed by atoms with van der Waals surface area (Å²) in [6.45, 7) is 0.252. The summed E-state index contributed by atoms with van der Waals surface area (Å²) in [7, 11) is 0. The highest BCUT2D eigenvalue weighted by Gasteiger charge is 2.14. The number of nitro benzene ring substituents is 1. The molecule has 0 spiro atoms. The molecule has 182 valence electrons. The van der Waals surface area contributed by atoms with Crippen molar-refractivity contribution in [3.63, 3.8) is 0 Å².